The second-order valence-electron chi connectivity index (χ2n) is 4.72. The van der Waals surface area contributed by atoms with Gasteiger partial charge >= 0.3 is 0 Å². The molecule has 2 rings (SSSR count). The number of halogens is 1. The molecule has 1 aromatic rings. The second-order valence-corrected chi connectivity index (χ2v) is 4.72. The Kier molecular flexibility index (Phi) is 3.31. The van der Waals surface area contributed by atoms with Crippen LogP contribution < -0.4 is 11.1 Å². The Bertz CT molecular complexity index is 433. The van der Waals surface area contributed by atoms with Gasteiger partial charge in [0.15, 0.2) is 0 Å². The molecule has 92 valence electrons. The molecule has 0 heterocycles. The molecule has 4 heteroatoms. The average molecular weight is 236 g/mol. The Morgan fingerprint density at radius 1 is 1.47 bits per heavy atom. The summed E-state index contributed by atoms with van der Waals surface area (Å²) in [6.07, 6.45) is 3.29. The molecule has 2 atom stereocenters. The maximum atomic E-state index is 12.9. The van der Waals surface area contributed by atoms with Crippen molar-refractivity contribution in [3.63, 3.8) is 0 Å². The van der Waals surface area contributed by atoms with Gasteiger partial charge in [0.1, 0.15) is 5.82 Å². The molecule has 0 aromatic heterocycles. The lowest BCUT2D eigenvalue weighted by atomic mass is 10.1. The third-order valence-corrected chi connectivity index (χ3v) is 3.44. The number of hydrogen-bond acceptors (Lipinski definition) is 2. The standard InChI is InChI=1S/C13H17FN2O/c1-8-3-2-4-12(8)16-13(17)10-6-5-9(14)7-11(10)15/h5-8,12H,2-4,15H2,1H3,(H,16,17). The fourth-order valence-electron chi connectivity index (χ4n) is 2.35. The minimum Gasteiger partial charge on any atom is -0.398 e. The number of amides is 1. The Morgan fingerprint density at radius 2 is 2.24 bits per heavy atom. The van der Waals surface area contributed by atoms with Crippen LogP contribution in [0, 0.1) is 11.7 Å². The highest BCUT2D eigenvalue weighted by molar-refractivity contribution is 5.99. The number of nitrogen functional groups attached to an aromatic ring is 1. The molecule has 0 spiro atoms. The van der Waals surface area contributed by atoms with Crippen molar-refractivity contribution in [2.24, 2.45) is 5.92 Å². The molecule has 2 unspecified atom stereocenters. The highest BCUT2D eigenvalue weighted by Gasteiger charge is 2.25. The molecule has 3 nitrogen and oxygen atoms in total. The number of carbonyl (C=O) groups is 1. The smallest absolute Gasteiger partial charge is 0.253 e. The van der Waals surface area contributed by atoms with Crippen molar-refractivity contribution < 1.29 is 9.18 Å². The molecule has 17 heavy (non-hydrogen) atoms. The molecule has 1 aromatic carbocycles. The largest absolute Gasteiger partial charge is 0.398 e. The number of nitrogens with one attached hydrogen (secondary N) is 1. The van der Waals surface area contributed by atoms with E-state index in [0.717, 1.165) is 19.3 Å². The predicted octanol–water partition coefficient (Wildman–Crippen LogP) is 2.33. The van der Waals surface area contributed by atoms with Crippen LogP contribution in [0.5, 0.6) is 0 Å². The van der Waals surface area contributed by atoms with Crippen molar-refractivity contribution in [3.8, 4) is 0 Å². The highest BCUT2D eigenvalue weighted by atomic mass is 19.1. The van der Waals surface area contributed by atoms with Crippen LogP contribution in [0.1, 0.15) is 36.5 Å². The predicted molar refractivity (Wildman–Crippen MR) is 65.1 cm³/mol. The van der Waals surface area contributed by atoms with E-state index >= 15 is 0 Å². The monoisotopic (exact) mass is 236 g/mol. The SMILES string of the molecule is CC1CCCC1NC(=O)c1ccc(F)cc1N. The zero-order valence-corrected chi connectivity index (χ0v) is 9.87. The zero-order valence-electron chi connectivity index (χ0n) is 9.87. The van der Waals surface area contributed by atoms with Gasteiger partial charge in [-0.15, -0.1) is 0 Å². The van der Waals surface area contributed by atoms with Crippen molar-refractivity contribution >= 4 is 11.6 Å². The summed E-state index contributed by atoms with van der Waals surface area (Å²) in [4.78, 5) is 12.0. The molecular formula is C13H17FN2O. The number of nitrogens with two attached hydrogens (primary N) is 1. The van der Waals surface area contributed by atoms with E-state index in [1.54, 1.807) is 0 Å². The van der Waals surface area contributed by atoms with E-state index in [-0.39, 0.29) is 17.6 Å². The first-order valence-corrected chi connectivity index (χ1v) is 5.94. The van der Waals surface area contributed by atoms with Crippen LogP contribution in [-0.4, -0.2) is 11.9 Å². The van der Waals surface area contributed by atoms with E-state index in [9.17, 15) is 9.18 Å². The fourth-order valence-corrected chi connectivity index (χ4v) is 2.35. The first-order chi connectivity index (χ1) is 8.08. The number of benzene rings is 1. The van der Waals surface area contributed by atoms with E-state index in [1.807, 2.05) is 0 Å². The van der Waals surface area contributed by atoms with E-state index < -0.39 is 5.82 Å². The number of hydrogen-bond donors (Lipinski definition) is 2. The topological polar surface area (TPSA) is 55.1 Å². The summed E-state index contributed by atoms with van der Waals surface area (Å²) in [6.45, 7) is 2.13. The molecule has 1 aliphatic carbocycles. The fraction of sp³-hybridized carbons (Fsp3) is 0.462. The van der Waals surface area contributed by atoms with Gasteiger partial charge in [0.25, 0.3) is 5.91 Å². The Balaban J connectivity index is 2.09. The quantitative estimate of drug-likeness (QED) is 0.774. The van der Waals surface area contributed by atoms with Crippen molar-refractivity contribution in [1.29, 1.82) is 0 Å². The lowest BCUT2D eigenvalue weighted by molar-refractivity contribution is 0.0930. The summed E-state index contributed by atoms with van der Waals surface area (Å²) < 4.78 is 12.9. The number of carbonyl (C=O) groups excluding carboxylic acids is 1. The number of anilines is 1. The van der Waals surface area contributed by atoms with Crippen LogP contribution in [0.15, 0.2) is 18.2 Å². The Labute approximate surface area is 100 Å². The molecule has 1 amide bonds. The maximum Gasteiger partial charge on any atom is 0.253 e. The summed E-state index contributed by atoms with van der Waals surface area (Å²) in [5.74, 6) is -0.129. The molecule has 3 N–H and O–H groups in total. The summed E-state index contributed by atoms with van der Waals surface area (Å²) >= 11 is 0. The molecule has 0 bridgehead atoms. The number of rotatable bonds is 2. The van der Waals surface area contributed by atoms with Crippen molar-refractivity contribution in [2.45, 2.75) is 32.2 Å². The van der Waals surface area contributed by atoms with Crippen LogP contribution >= 0.6 is 0 Å². The van der Waals surface area contributed by atoms with Gasteiger partial charge in [-0.2, -0.15) is 0 Å². The van der Waals surface area contributed by atoms with Crippen molar-refractivity contribution in [3.05, 3.63) is 29.6 Å². The molecule has 0 aliphatic heterocycles. The highest BCUT2D eigenvalue weighted by Crippen LogP contribution is 2.25. The van der Waals surface area contributed by atoms with Crippen LogP contribution in [0.2, 0.25) is 0 Å². The van der Waals surface area contributed by atoms with E-state index in [2.05, 4.69) is 12.2 Å². The zero-order chi connectivity index (χ0) is 12.4. The van der Waals surface area contributed by atoms with Crippen molar-refractivity contribution in [2.75, 3.05) is 5.73 Å². The molecular weight excluding hydrogens is 219 g/mol. The molecule has 1 aliphatic rings. The first kappa shape index (κ1) is 11.9. The molecule has 0 saturated heterocycles. The summed E-state index contributed by atoms with van der Waals surface area (Å²) in [7, 11) is 0. The summed E-state index contributed by atoms with van der Waals surface area (Å²) in [5, 5.41) is 2.96. The molecule has 1 fully saturated rings. The minimum atomic E-state index is -0.423. The van der Waals surface area contributed by atoms with Gasteiger partial charge in [-0.1, -0.05) is 13.3 Å². The second kappa shape index (κ2) is 4.73. The van der Waals surface area contributed by atoms with Gasteiger partial charge in [-0.3, -0.25) is 4.79 Å². The maximum absolute atomic E-state index is 12.9. The van der Waals surface area contributed by atoms with Crippen LogP contribution in [0.25, 0.3) is 0 Å². The molecule has 0 radical (unpaired) electrons. The van der Waals surface area contributed by atoms with E-state index in [1.165, 1.54) is 18.2 Å². The van der Waals surface area contributed by atoms with E-state index in [0.29, 0.717) is 11.5 Å². The average Bonchev–Trinajstić information content (AvgIpc) is 2.64. The van der Waals surface area contributed by atoms with Gasteiger partial charge in [0, 0.05) is 11.7 Å². The van der Waals surface area contributed by atoms with Gasteiger partial charge in [0.2, 0.25) is 0 Å². The Morgan fingerprint density at radius 3 is 2.82 bits per heavy atom. The lowest BCUT2D eigenvalue weighted by Crippen LogP contribution is -2.36. The normalized spacial score (nSPS) is 23.6. The summed E-state index contributed by atoms with van der Waals surface area (Å²) in [5.41, 5.74) is 6.17. The summed E-state index contributed by atoms with van der Waals surface area (Å²) in [6, 6.07) is 4.07. The minimum absolute atomic E-state index is 0.188. The van der Waals surface area contributed by atoms with Gasteiger partial charge in [0.05, 0.1) is 5.56 Å². The Hall–Kier alpha value is -1.58. The van der Waals surface area contributed by atoms with Gasteiger partial charge in [-0.05, 0) is 37.0 Å². The third kappa shape index (κ3) is 2.57. The lowest BCUT2D eigenvalue weighted by Gasteiger charge is -2.17. The van der Waals surface area contributed by atoms with Crippen LogP contribution in [-0.2, 0) is 0 Å². The van der Waals surface area contributed by atoms with Gasteiger partial charge in [-0.25, -0.2) is 4.39 Å². The van der Waals surface area contributed by atoms with Crippen molar-refractivity contribution in [1.82, 2.24) is 5.32 Å². The van der Waals surface area contributed by atoms with E-state index in [4.69, 9.17) is 5.73 Å². The third-order valence-electron chi connectivity index (χ3n) is 3.44. The molecule has 1 saturated carbocycles. The van der Waals surface area contributed by atoms with Gasteiger partial charge < -0.3 is 11.1 Å². The van der Waals surface area contributed by atoms with Crippen LogP contribution in [0.4, 0.5) is 10.1 Å². The van der Waals surface area contributed by atoms with Crippen LogP contribution in [0.3, 0.4) is 0 Å². The first-order valence-electron chi connectivity index (χ1n) is 5.94.